The second-order valence-corrected chi connectivity index (χ2v) is 11.0. The summed E-state index contributed by atoms with van der Waals surface area (Å²) in [5, 5.41) is -0.969. The fraction of sp³-hybridized carbons (Fsp3) is 0.562. The molecule has 138 valence electrons. The number of rotatable bonds is 4. The van der Waals surface area contributed by atoms with Crippen LogP contribution in [-0.4, -0.2) is 82.0 Å². The third-order valence-corrected chi connectivity index (χ3v) is 9.12. The molecule has 0 radical (unpaired) electrons. The number of benzene rings is 1. The van der Waals surface area contributed by atoms with E-state index in [0.717, 1.165) is 12.0 Å². The van der Waals surface area contributed by atoms with Crippen molar-refractivity contribution in [1.82, 2.24) is 9.80 Å². The van der Waals surface area contributed by atoms with E-state index in [1.54, 1.807) is 17.0 Å². The molecule has 0 aliphatic carbocycles. The maximum atomic E-state index is 13.0. The van der Waals surface area contributed by atoms with Crippen molar-refractivity contribution in [3.63, 3.8) is 0 Å². The van der Waals surface area contributed by atoms with Gasteiger partial charge < -0.3 is 4.90 Å². The lowest BCUT2D eigenvalue weighted by Gasteiger charge is -2.37. The summed E-state index contributed by atoms with van der Waals surface area (Å²) < 4.78 is 50.5. The summed E-state index contributed by atoms with van der Waals surface area (Å²) in [6.07, 6.45) is 0.767. The number of carbonyl (C=O) groups excluding carboxylic acids is 1. The van der Waals surface area contributed by atoms with Gasteiger partial charge in [-0.25, -0.2) is 16.8 Å². The van der Waals surface area contributed by atoms with E-state index < -0.39 is 31.0 Å². The standard InChI is InChI=1S/C16H22N2O5S2/c1-13-2-4-14(5-3-13)25(22,23)16-11-24(20,21)10-15(16)18-8-6-17(12-19)7-9-18/h2-5,12,15-16H,6-11H2,1H3/t15-,16-/m0/s1. The van der Waals surface area contributed by atoms with E-state index in [9.17, 15) is 21.6 Å². The highest BCUT2D eigenvalue weighted by Gasteiger charge is 2.48. The Morgan fingerprint density at radius 2 is 1.64 bits per heavy atom. The molecule has 7 nitrogen and oxygen atoms in total. The molecule has 2 aliphatic rings. The smallest absolute Gasteiger partial charge is 0.209 e. The van der Waals surface area contributed by atoms with Gasteiger partial charge in [0.2, 0.25) is 6.41 Å². The predicted octanol–water partition coefficient (Wildman–Crippen LogP) is -0.292. The third kappa shape index (κ3) is 3.73. The average molecular weight is 386 g/mol. The Bertz CT molecular complexity index is 841. The minimum atomic E-state index is -3.75. The second kappa shape index (κ2) is 6.69. The Labute approximate surface area is 148 Å². The lowest BCUT2D eigenvalue weighted by Crippen LogP contribution is -2.54. The molecule has 2 heterocycles. The summed E-state index contributed by atoms with van der Waals surface area (Å²) in [4.78, 5) is 14.5. The van der Waals surface area contributed by atoms with Gasteiger partial charge in [0.25, 0.3) is 0 Å². The highest BCUT2D eigenvalue weighted by molar-refractivity contribution is 7.96. The molecule has 1 aromatic carbocycles. The van der Waals surface area contributed by atoms with E-state index in [0.29, 0.717) is 26.2 Å². The molecule has 2 aliphatic heterocycles. The molecule has 0 spiro atoms. The number of hydrogen-bond donors (Lipinski definition) is 0. The van der Waals surface area contributed by atoms with Crippen LogP contribution in [0.4, 0.5) is 0 Å². The lowest BCUT2D eigenvalue weighted by atomic mass is 10.2. The van der Waals surface area contributed by atoms with Crippen molar-refractivity contribution in [1.29, 1.82) is 0 Å². The lowest BCUT2D eigenvalue weighted by molar-refractivity contribution is -0.119. The Morgan fingerprint density at radius 1 is 1.04 bits per heavy atom. The van der Waals surface area contributed by atoms with Gasteiger partial charge in [-0.1, -0.05) is 17.7 Å². The molecule has 3 rings (SSSR count). The molecule has 2 saturated heterocycles. The molecule has 0 aromatic heterocycles. The molecule has 1 amide bonds. The molecule has 1 aromatic rings. The zero-order chi connectivity index (χ0) is 18.2. The Kier molecular flexibility index (Phi) is 4.91. The fourth-order valence-corrected chi connectivity index (χ4v) is 8.34. The van der Waals surface area contributed by atoms with Crippen LogP contribution >= 0.6 is 0 Å². The van der Waals surface area contributed by atoms with E-state index in [4.69, 9.17) is 0 Å². The highest BCUT2D eigenvalue weighted by atomic mass is 32.2. The quantitative estimate of drug-likeness (QED) is 0.661. The van der Waals surface area contributed by atoms with Gasteiger partial charge >= 0.3 is 0 Å². The van der Waals surface area contributed by atoms with Crippen molar-refractivity contribution < 1.29 is 21.6 Å². The van der Waals surface area contributed by atoms with Crippen LogP contribution in [0.3, 0.4) is 0 Å². The Hall–Kier alpha value is -1.45. The number of amides is 1. The number of sulfone groups is 2. The number of nitrogens with zero attached hydrogens (tertiary/aromatic N) is 2. The third-order valence-electron chi connectivity index (χ3n) is 4.99. The molecule has 0 saturated carbocycles. The van der Waals surface area contributed by atoms with E-state index in [1.807, 2.05) is 11.8 Å². The van der Waals surface area contributed by atoms with Crippen molar-refractivity contribution in [2.45, 2.75) is 23.1 Å². The van der Waals surface area contributed by atoms with Crippen molar-refractivity contribution in [2.24, 2.45) is 0 Å². The monoisotopic (exact) mass is 386 g/mol. The first-order valence-electron chi connectivity index (χ1n) is 8.17. The van der Waals surface area contributed by atoms with Gasteiger partial charge in [-0.15, -0.1) is 0 Å². The van der Waals surface area contributed by atoms with Gasteiger partial charge in [-0.05, 0) is 19.1 Å². The second-order valence-electron chi connectivity index (χ2n) is 6.72. The summed E-state index contributed by atoms with van der Waals surface area (Å²) in [6.45, 7) is 3.80. The first kappa shape index (κ1) is 18.3. The van der Waals surface area contributed by atoms with Crippen LogP contribution in [0, 0.1) is 6.92 Å². The normalized spacial score (nSPS) is 27.3. The topological polar surface area (TPSA) is 91.8 Å². The summed E-state index contributed by atoms with van der Waals surface area (Å²) in [5.41, 5.74) is 0.944. The van der Waals surface area contributed by atoms with E-state index in [-0.39, 0.29) is 16.4 Å². The van der Waals surface area contributed by atoms with Gasteiger partial charge in [0, 0.05) is 32.2 Å². The maximum Gasteiger partial charge on any atom is 0.209 e. The van der Waals surface area contributed by atoms with Crippen LogP contribution in [0.2, 0.25) is 0 Å². The van der Waals surface area contributed by atoms with Gasteiger partial charge in [0.15, 0.2) is 19.7 Å². The van der Waals surface area contributed by atoms with Gasteiger partial charge in [0.05, 0.1) is 21.7 Å². The molecule has 0 N–H and O–H groups in total. The molecular weight excluding hydrogens is 364 g/mol. The van der Waals surface area contributed by atoms with Crippen LogP contribution in [0.1, 0.15) is 5.56 Å². The largest absolute Gasteiger partial charge is 0.343 e. The minimum Gasteiger partial charge on any atom is -0.343 e. The van der Waals surface area contributed by atoms with Crippen molar-refractivity contribution in [3.05, 3.63) is 29.8 Å². The highest BCUT2D eigenvalue weighted by Crippen LogP contribution is 2.29. The van der Waals surface area contributed by atoms with Crippen molar-refractivity contribution in [2.75, 3.05) is 37.7 Å². The summed E-state index contributed by atoms with van der Waals surface area (Å²) >= 11 is 0. The molecule has 9 heteroatoms. The van der Waals surface area contributed by atoms with Crippen LogP contribution in [0.5, 0.6) is 0 Å². The number of piperazine rings is 1. The number of aryl methyl sites for hydroxylation is 1. The Balaban J connectivity index is 1.89. The first-order valence-corrected chi connectivity index (χ1v) is 11.5. The molecule has 0 bridgehead atoms. The average Bonchev–Trinajstić information content (AvgIpc) is 2.92. The molecule has 2 fully saturated rings. The van der Waals surface area contributed by atoms with E-state index in [1.165, 1.54) is 12.1 Å². The molecule has 2 atom stereocenters. The van der Waals surface area contributed by atoms with Gasteiger partial charge in [-0.2, -0.15) is 0 Å². The summed E-state index contributed by atoms with van der Waals surface area (Å²) in [6, 6.07) is 5.95. The predicted molar refractivity (Wildman–Crippen MR) is 93.8 cm³/mol. The Morgan fingerprint density at radius 3 is 2.20 bits per heavy atom. The van der Waals surface area contributed by atoms with Crippen molar-refractivity contribution >= 4 is 26.1 Å². The minimum absolute atomic E-state index is 0.149. The molecule has 0 unspecified atom stereocenters. The zero-order valence-corrected chi connectivity index (χ0v) is 15.7. The maximum absolute atomic E-state index is 13.0. The SMILES string of the molecule is Cc1ccc(S(=O)(=O)[C@H]2CS(=O)(=O)C[C@@H]2N2CCN(C=O)CC2)cc1. The van der Waals surface area contributed by atoms with Gasteiger partial charge in [0.1, 0.15) is 0 Å². The van der Waals surface area contributed by atoms with E-state index in [2.05, 4.69) is 0 Å². The molecule has 25 heavy (non-hydrogen) atoms. The summed E-state index contributed by atoms with van der Waals surface area (Å²) in [7, 11) is -7.16. The van der Waals surface area contributed by atoms with E-state index >= 15 is 0 Å². The summed E-state index contributed by atoms with van der Waals surface area (Å²) in [5.74, 6) is -0.494. The van der Waals surface area contributed by atoms with Gasteiger partial charge in [-0.3, -0.25) is 9.69 Å². The van der Waals surface area contributed by atoms with Crippen LogP contribution in [0.25, 0.3) is 0 Å². The van der Waals surface area contributed by atoms with Crippen LogP contribution < -0.4 is 0 Å². The zero-order valence-electron chi connectivity index (χ0n) is 14.0. The van der Waals surface area contributed by atoms with Crippen LogP contribution in [-0.2, 0) is 24.5 Å². The number of carbonyl (C=O) groups is 1. The first-order chi connectivity index (χ1) is 11.7. The molecular formula is C16H22N2O5S2. The van der Waals surface area contributed by atoms with Crippen molar-refractivity contribution in [3.8, 4) is 0 Å². The fourth-order valence-electron chi connectivity index (χ4n) is 3.51. The van der Waals surface area contributed by atoms with Crippen LogP contribution in [0.15, 0.2) is 29.2 Å². The number of hydrogen-bond acceptors (Lipinski definition) is 6.